The largest absolute Gasteiger partial charge is 0.417 e. The molecule has 0 radical (unpaired) electrons. The molecule has 3 aromatic rings. The number of nitrogens with zero attached hydrogens (tertiary/aromatic N) is 4. The molecule has 0 unspecified atom stereocenters. The lowest BCUT2D eigenvalue weighted by Crippen LogP contribution is -2.17. The number of rotatable bonds is 4. The first-order valence-electron chi connectivity index (χ1n) is 7.43. The van der Waals surface area contributed by atoms with Crippen LogP contribution in [0.2, 0.25) is 5.15 Å². The molecule has 0 amide bonds. The first-order chi connectivity index (χ1) is 13.1. The molecule has 144 valence electrons. The summed E-state index contributed by atoms with van der Waals surface area (Å²) in [5.74, 6) is -0.509. The number of aromatic nitrogens is 3. The van der Waals surface area contributed by atoms with Gasteiger partial charge in [-0.15, -0.1) is 0 Å². The SMILES string of the molecule is N#Cc1c(Cl)nn(-c2ccc(C(F)(F)F)cn2)c1NS(=O)(=O)c1ccccc1. The molecule has 1 N–H and O–H groups in total. The lowest BCUT2D eigenvalue weighted by molar-refractivity contribution is -0.137. The van der Waals surface area contributed by atoms with Crippen LogP contribution in [0.5, 0.6) is 0 Å². The average Bonchev–Trinajstić information content (AvgIpc) is 2.96. The van der Waals surface area contributed by atoms with Gasteiger partial charge in [-0.05, 0) is 24.3 Å². The zero-order chi connectivity index (χ0) is 20.5. The van der Waals surface area contributed by atoms with Crippen LogP contribution in [0.25, 0.3) is 5.82 Å². The van der Waals surface area contributed by atoms with Crippen molar-refractivity contribution in [1.82, 2.24) is 14.8 Å². The average molecular weight is 428 g/mol. The first-order valence-corrected chi connectivity index (χ1v) is 9.29. The lowest BCUT2D eigenvalue weighted by Gasteiger charge is -2.11. The third kappa shape index (κ3) is 3.78. The normalized spacial score (nSPS) is 11.8. The lowest BCUT2D eigenvalue weighted by atomic mass is 10.3. The van der Waals surface area contributed by atoms with Gasteiger partial charge in [-0.3, -0.25) is 4.72 Å². The van der Waals surface area contributed by atoms with E-state index in [9.17, 15) is 26.9 Å². The maximum Gasteiger partial charge on any atom is 0.417 e. The molecular formula is C16H9ClF3N5O2S. The van der Waals surface area contributed by atoms with Crippen LogP contribution < -0.4 is 4.72 Å². The molecule has 1 aromatic carbocycles. The minimum atomic E-state index is -4.59. The molecule has 3 rings (SSSR count). The van der Waals surface area contributed by atoms with Crippen molar-refractivity contribution in [2.24, 2.45) is 0 Å². The summed E-state index contributed by atoms with van der Waals surface area (Å²) in [6, 6.07) is 10.7. The summed E-state index contributed by atoms with van der Waals surface area (Å²) >= 11 is 5.88. The Hall–Kier alpha value is -3.10. The Morgan fingerprint density at radius 2 is 1.82 bits per heavy atom. The molecule has 0 spiro atoms. The summed E-state index contributed by atoms with van der Waals surface area (Å²) < 4.78 is 66.3. The summed E-state index contributed by atoms with van der Waals surface area (Å²) in [6.07, 6.45) is -4.03. The van der Waals surface area contributed by atoms with Gasteiger partial charge in [0.1, 0.15) is 11.6 Å². The molecule has 0 fully saturated rings. The van der Waals surface area contributed by atoms with Crippen LogP contribution in [-0.4, -0.2) is 23.2 Å². The minimum absolute atomic E-state index is 0.0943. The van der Waals surface area contributed by atoms with E-state index < -0.39 is 21.8 Å². The fourth-order valence-corrected chi connectivity index (χ4v) is 3.50. The summed E-state index contributed by atoms with van der Waals surface area (Å²) in [4.78, 5) is 3.55. The third-order valence-electron chi connectivity index (χ3n) is 3.53. The van der Waals surface area contributed by atoms with Crippen LogP contribution in [-0.2, 0) is 16.2 Å². The molecule has 7 nitrogen and oxygen atoms in total. The van der Waals surface area contributed by atoms with Gasteiger partial charge in [-0.25, -0.2) is 13.4 Å². The second-order valence-corrected chi connectivity index (χ2v) is 7.40. The van der Waals surface area contributed by atoms with Gasteiger partial charge in [0.15, 0.2) is 16.8 Å². The van der Waals surface area contributed by atoms with E-state index in [-0.39, 0.29) is 27.2 Å². The number of benzene rings is 1. The highest BCUT2D eigenvalue weighted by Gasteiger charge is 2.31. The number of sulfonamides is 1. The zero-order valence-corrected chi connectivity index (χ0v) is 15.2. The van der Waals surface area contributed by atoms with E-state index in [2.05, 4.69) is 14.8 Å². The number of anilines is 1. The Bertz CT molecular complexity index is 1150. The van der Waals surface area contributed by atoms with Crippen molar-refractivity contribution in [1.29, 1.82) is 5.26 Å². The molecule has 0 saturated carbocycles. The van der Waals surface area contributed by atoms with Gasteiger partial charge in [-0.1, -0.05) is 29.8 Å². The van der Waals surface area contributed by atoms with Crippen molar-refractivity contribution < 1.29 is 21.6 Å². The van der Waals surface area contributed by atoms with E-state index in [1.807, 2.05) is 0 Å². The van der Waals surface area contributed by atoms with Gasteiger partial charge in [0.05, 0.1) is 10.5 Å². The molecule has 0 bridgehead atoms. The molecule has 28 heavy (non-hydrogen) atoms. The maximum absolute atomic E-state index is 12.7. The van der Waals surface area contributed by atoms with Crippen molar-refractivity contribution in [2.45, 2.75) is 11.1 Å². The van der Waals surface area contributed by atoms with Crippen LogP contribution in [0.4, 0.5) is 19.0 Å². The number of pyridine rings is 1. The number of hydrogen-bond donors (Lipinski definition) is 1. The highest BCUT2D eigenvalue weighted by atomic mass is 35.5. The minimum Gasteiger partial charge on any atom is -0.262 e. The predicted octanol–water partition coefficient (Wildman–Crippen LogP) is 3.61. The Morgan fingerprint density at radius 1 is 1.14 bits per heavy atom. The quantitative estimate of drug-likeness (QED) is 0.685. The van der Waals surface area contributed by atoms with Crippen molar-refractivity contribution in [3.63, 3.8) is 0 Å². The van der Waals surface area contributed by atoms with Crippen LogP contribution in [0.15, 0.2) is 53.6 Å². The maximum atomic E-state index is 12.7. The third-order valence-corrected chi connectivity index (χ3v) is 5.15. The van der Waals surface area contributed by atoms with Gasteiger partial charge >= 0.3 is 6.18 Å². The second-order valence-electron chi connectivity index (χ2n) is 5.36. The standard InChI is InChI=1S/C16H9ClF3N5O2S/c17-14-12(8-21)15(24-28(26,27)11-4-2-1-3-5-11)25(23-14)13-7-6-10(9-22-13)16(18,19)20/h1-7,9,24H. The molecule has 2 heterocycles. The number of hydrogen-bond acceptors (Lipinski definition) is 5. The molecule has 0 aliphatic rings. The van der Waals surface area contributed by atoms with Crippen molar-refractivity contribution in [3.8, 4) is 11.9 Å². The fourth-order valence-electron chi connectivity index (χ4n) is 2.22. The Balaban J connectivity index is 2.09. The van der Waals surface area contributed by atoms with Crippen molar-refractivity contribution in [2.75, 3.05) is 4.72 Å². The number of nitriles is 1. The van der Waals surface area contributed by atoms with E-state index in [1.165, 1.54) is 24.3 Å². The Kier molecular flexibility index (Phi) is 5.01. The number of nitrogens with one attached hydrogen (secondary N) is 1. The van der Waals surface area contributed by atoms with Crippen LogP contribution in [0, 0.1) is 11.3 Å². The molecule has 0 aliphatic carbocycles. The highest BCUT2D eigenvalue weighted by Crippen LogP contribution is 2.31. The molecule has 0 atom stereocenters. The summed E-state index contributed by atoms with van der Waals surface area (Å²) in [7, 11) is -4.12. The van der Waals surface area contributed by atoms with E-state index in [0.29, 0.717) is 6.20 Å². The van der Waals surface area contributed by atoms with E-state index in [0.717, 1.165) is 16.8 Å². The van der Waals surface area contributed by atoms with Crippen LogP contribution >= 0.6 is 11.6 Å². The van der Waals surface area contributed by atoms with Gasteiger partial charge in [0, 0.05) is 6.20 Å². The van der Waals surface area contributed by atoms with Gasteiger partial charge in [-0.2, -0.15) is 28.2 Å². The van der Waals surface area contributed by atoms with Gasteiger partial charge in [0.25, 0.3) is 10.0 Å². The number of halogens is 4. The molecule has 0 saturated heterocycles. The molecular weight excluding hydrogens is 419 g/mol. The monoisotopic (exact) mass is 427 g/mol. The fraction of sp³-hybridized carbons (Fsp3) is 0.0625. The van der Waals surface area contributed by atoms with Crippen LogP contribution in [0.1, 0.15) is 11.1 Å². The molecule has 0 aliphatic heterocycles. The second kappa shape index (κ2) is 7.14. The summed E-state index contributed by atoms with van der Waals surface area (Å²) in [6.45, 7) is 0. The predicted molar refractivity (Wildman–Crippen MR) is 93.3 cm³/mol. The van der Waals surface area contributed by atoms with Crippen LogP contribution in [0.3, 0.4) is 0 Å². The van der Waals surface area contributed by atoms with Crippen molar-refractivity contribution >= 4 is 27.4 Å². The van der Waals surface area contributed by atoms with E-state index >= 15 is 0 Å². The summed E-state index contributed by atoms with van der Waals surface area (Å²) in [5, 5.41) is 12.8. The highest BCUT2D eigenvalue weighted by molar-refractivity contribution is 7.92. The molecule has 12 heteroatoms. The number of alkyl halides is 3. The Morgan fingerprint density at radius 3 is 2.36 bits per heavy atom. The zero-order valence-electron chi connectivity index (χ0n) is 13.6. The van der Waals surface area contributed by atoms with Gasteiger partial charge in [0.2, 0.25) is 0 Å². The summed E-state index contributed by atoms with van der Waals surface area (Å²) in [5.41, 5.74) is -1.30. The van der Waals surface area contributed by atoms with Crippen molar-refractivity contribution in [3.05, 3.63) is 64.9 Å². The molecule has 2 aromatic heterocycles. The van der Waals surface area contributed by atoms with E-state index in [1.54, 1.807) is 12.1 Å². The first kappa shape index (κ1) is 19.7. The smallest absolute Gasteiger partial charge is 0.262 e. The topological polar surface area (TPSA) is 101 Å². The Labute approximate surface area is 162 Å². The van der Waals surface area contributed by atoms with E-state index in [4.69, 9.17) is 11.6 Å². The van der Waals surface area contributed by atoms with Gasteiger partial charge < -0.3 is 0 Å².